The van der Waals surface area contributed by atoms with Gasteiger partial charge in [0.1, 0.15) is 5.75 Å². The highest BCUT2D eigenvalue weighted by Gasteiger charge is 2.28. The summed E-state index contributed by atoms with van der Waals surface area (Å²) in [5.41, 5.74) is 6.08. The van der Waals surface area contributed by atoms with Crippen LogP contribution >= 0.6 is 34.8 Å². The molecule has 1 amide bonds. The van der Waals surface area contributed by atoms with Gasteiger partial charge in [0.15, 0.2) is 0 Å². The second-order valence-electron chi connectivity index (χ2n) is 5.41. The van der Waals surface area contributed by atoms with Crippen LogP contribution in [0.3, 0.4) is 0 Å². The second-order valence-corrected chi connectivity index (χ2v) is 7.13. The molecule has 1 aliphatic carbocycles. The summed E-state index contributed by atoms with van der Waals surface area (Å²) in [5, 5.41) is 12.7. The summed E-state index contributed by atoms with van der Waals surface area (Å²) in [4.78, 5) is 12.7. The van der Waals surface area contributed by atoms with Crippen LogP contribution in [-0.4, -0.2) is 22.0 Å². The van der Waals surface area contributed by atoms with Gasteiger partial charge in [0, 0.05) is 3.57 Å². The van der Waals surface area contributed by atoms with Crippen molar-refractivity contribution in [1.82, 2.24) is 5.32 Å². The molecule has 1 saturated carbocycles. The Hall–Kier alpha value is -0.890. The van der Waals surface area contributed by atoms with Crippen molar-refractivity contribution >= 4 is 45.7 Å². The Balaban J connectivity index is 2.14. The van der Waals surface area contributed by atoms with E-state index in [0.29, 0.717) is 10.9 Å². The molecule has 0 spiro atoms. The maximum absolute atomic E-state index is 12.4. The normalized spacial score (nSPS) is 17.2. The minimum Gasteiger partial charge on any atom is -0.507 e. The fourth-order valence-electron chi connectivity index (χ4n) is 2.80. The van der Waals surface area contributed by atoms with E-state index in [2.05, 4.69) is 27.9 Å². The molecule has 21 heavy (non-hydrogen) atoms. The fourth-order valence-corrected chi connectivity index (χ4v) is 3.54. The molecule has 114 valence electrons. The molecular formula is C15H19IN2O2S. The van der Waals surface area contributed by atoms with Crippen molar-refractivity contribution in [3.8, 4) is 5.75 Å². The lowest BCUT2D eigenvalue weighted by molar-refractivity contribution is 0.0929. The number of thiocarbonyl (C=S) groups is 1. The number of carbonyl (C=O) groups is 1. The number of phenols is 1. The summed E-state index contributed by atoms with van der Waals surface area (Å²) in [7, 11) is 0. The van der Waals surface area contributed by atoms with Crippen LogP contribution in [0.1, 0.15) is 42.5 Å². The second kappa shape index (κ2) is 7.40. The van der Waals surface area contributed by atoms with Crippen LogP contribution in [0.5, 0.6) is 5.75 Å². The van der Waals surface area contributed by atoms with Gasteiger partial charge in [-0.15, -0.1) is 0 Å². The average molecular weight is 418 g/mol. The molecule has 1 unspecified atom stereocenters. The number of carbonyl (C=O) groups excluding carboxylic acids is 1. The zero-order chi connectivity index (χ0) is 15.4. The predicted octanol–water partition coefficient (Wildman–Crippen LogP) is 2.96. The summed E-state index contributed by atoms with van der Waals surface area (Å²) in [6, 6.07) is 4.62. The molecule has 4 nitrogen and oxygen atoms in total. The summed E-state index contributed by atoms with van der Waals surface area (Å²) in [6.45, 7) is 0. The molecule has 0 aromatic heterocycles. The molecule has 0 saturated heterocycles. The van der Waals surface area contributed by atoms with Crippen LogP contribution < -0.4 is 11.1 Å². The fraction of sp³-hybridized carbons (Fsp3) is 0.467. The highest BCUT2D eigenvalue weighted by atomic mass is 127. The van der Waals surface area contributed by atoms with Gasteiger partial charge in [-0.1, -0.05) is 31.5 Å². The highest BCUT2D eigenvalue weighted by Crippen LogP contribution is 2.27. The van der Waals surface area contributed by atoms with Crippen molar-refractivity contribution < 1.29 is 9.90 Å². The maximum Gasteiger partial charge on any atom is 0.255 e. The minimum atomic E-state index is -0.325. The lowest BCUT2D eigenvalue weighted by Gasteiger charge is -2.30. The quantitative estimate of drug-likeness (QED) is 0.519. The Bertz CT molecular complexity index is 544. The Morgan fingerprint density at radius 3 is 2.67 bits per heavy atom. The van der Waals surface area contributed by atoms with Gasteiger partial charge in [0.2, 0.25) is 0 Å². The molecule has 1 atom stereocenters. The van der Waals surface area contributed by atoms with Crippen molar-refractivity contribution in [3.63, 3.8) is 0 Å². The van der Waals surface area contributed by atoms with Crippen LogP contribution in [0.15, 0.2) is 18.2 Å². The van der Waals surface area contributed by atoms with Gasteiger partial charge in [-0.05, 0) is 59.5 Å². The lowest BCUT2D eigenvalue weighted by Crippen LogP contribution is -2.48. The Morgan fingerprint density at radius 1 is 1.38 bits per heavy atom. The van der Waals surface area contributed by atoms with E-state index in [1.165, 1.54) is 12.5 Å². The molecule has 1 aromatic carbocycles. The topological polar surface area (TPSA) is 75.3 Å². The molecule has 0 heterocycles. The largest absolute Gasteiger partial charge is 0.507 e. The molecule has 2 rings (SSSR count). The number of benzene rings is 1. The van der Waals surface area contributed by atoms with E-state index < -0.39 is 0 Å². The van der Waals surface area contributed by atoms with Gasteiger partial charge >= 0.3 is 0 Å². The molecular weight excluding hydrogens is 399 g/mol. The van der Waals surface area contributed by atoms with Gasteiger partial charge in [-0.25, -0.2) is 0 Å². The van der Waals surface area contributed by atoms with Crippen molar-refractivity contribution in [1.29, 1.82) is 0 Å². The first-order valence-corrected chi connectivity index (χ1v) is 8.56. The number of hydrogen-bond acceptors (Lipinski definition) is 3. The molecule has 6 heteroatoms. The highest BCUT2D eigenvalue weighted by molar-refractivity contribution is 14.1. The van der Waals surface area contributed by atoms with Crippen LogP contribution in [0.4, 0.5) is 0 Å². The summed E-state index contributed by atoms with van der Waals surface area (Å²) in [6.07, 6.45) is 5.58. The van der Waals surface area contributed by atoms with Crippen molar-refractivity contribution in [2.45, 2.75) is 38.1 Å². The third kappa shape index (κ3) is 4.29. The number of phenolic OH excluding ortho intramolecular Hbond substituents is 1. The number of nitrogens with one attached hydrogen (secondary N) is 1. The third-order valence-electron chi connectivity index (χ3n) is 3.92. The van der Waals surface area contributed by atoms with Gasteiger partial charge in [0.25, 0.3) is 5.91 Å². The monoisotopic (exact) mass is 418 g/mol. The molecule has 1 aromatic rings. The third-order valence-corrected chi connectivity index (χ3v) is 4.84. The van der Waals surface area contributed by atoms with Crippen molar-refractivity contribution in [2.75, 3.05) is 0 Å². The van der Waals surface area contributed by atoms with Crippen LogP contribution in [0, 0.1) is 9.49 Å². The van der Waals surface area contributed by atoms with Crippen LogP contribution in [0.25, 0.3) is 0 Å². The maximum atomic E-state index is 12.4. The first kappa shape index (κ1) is 16.5. The van der Waals surface area contributed by atoms with E-state index in [0.717, 1.165) is 29.3 Å². The first-order chi connectivity index (χ1) is 9.99. The number of amides is 1. The summed E-state index contributed by atoms with van der Waals surface area (Å²) >= 11 is 7.23. The number of hydrogen-bond donors (Lipinski definition) is 3. The van der Waals surface area contributed by atoms with E-state index in [9.17, 15) is 9.90 Å². The minimum absolute atomic E-state index is 0.0294. The summed E-state index contributed by atoms with van der Waals surface area (Å²) < 4.78 is 0.889. The zero-order valence-corrected chi connectivity index (χ0v) is 14.6. The van der Waals surface area contributed by atoms with E-state index in [-0.39, 0.29) is 23.3 Å². The number of rotatable bonds is 4. The molecule has 1 fully saturated rings. The SMILES string of the molecule is NC(=S)C(NC(=O)c1cc(I)ccc1O)C1CCCCC1. The van der Waals surface area contributed by atoms with E-state index in [1.54, 1.807) is 12.1 Å². The van der Waals surface area contributed by atoms with Gasteiger partial charge < -0.3 is 16.2 Å². The molecule has 0 radical (unpaired) electrons. The van der Waals surface area contributed by atoms with Crippen molar-refractivity contribution in [3.05, 3.63) is 27.3 Å². The van der Waals surface area contributed by atoms with E-state index >= 15 is 0 Å². The first-order valence-electron chi connectivity index (χ1n) is 7.07. The number of halogens is 1. The molecule has 4 N–H and O–H groups in total. The standard InChI is InChI=1S/C15H19IN2O2S/c16-10-6-7-12(19)11(8-10)15(20)18-13(14(17)21)9-4-2-1-3-5-9/h6-9,13,19H,1-5H2,(H2,17,21)(H,18,20). The molecule has 0 bridgehead atoms. The predicted molar refractivity (Wildman–Crippen MR) is 95.4 cm³/mol. The average Bonchev–Trinajstić information content (AvgIpc) is 2.47. The lowest BCUT2D eigenvalue weighted by atomic mass is 9.83. The van der Waals surface area contributed by atoms with E-state index in [1.807, 2.05) is 0 Å². The Labute approximate surface area is 143 Å². The van der Waals surface area contributed by atoms with E-state index in [4.69, 9.17) is 18.0 Å². The van der Waals surface area contributed by atoms with Gasteiger partial charge in [-0.3, -0.25) is 4.79 Å². The van der Waals surface area contributed by atoms with Crippen molar-refractivity contribution in [2.24, 2.45) is 11.7 Å². The van der Waals surface area contributed by atoms with Crippen LogP contribution in [-0.2, 0) is 0 Å². The molecule has 0 aliphatic heterocycles. The Morgan fingerprint density at radius 2 is 2.05 bits per heavy atom. The summed E-state index contributed by atoms with van der Waals surface area (Å²) in [5.74, 6) is -0.0576. The number of aromatic hydroxyl groups is 1. The zero-order valence-electron chi connectivity index (χ0n) is 11.6. The molecule has 1 aliphatic rings. The smallest absolute Gasteiger partial charge is 0.255 e. The van der Waals surface area contributed by atoms with Gasteiger partial charge in [-0.2, -0.15) is 0 Å². The van der Waals surface area contributed by atoms with Gasteiger partial charge in [0.05, 0.1) is 16.6 Å². The number of nitrogens with two attached hydrogens (primary N) is 1. The Kier molecular flexibility index (Phi) is 5.80. The van der Waals surface area contributed by atoms with Crippen LogP contribution in [0.2, 0.25) is 0 Å².